The Labute approximate surface area is 111 Å². The summed E-state index contributed by atoms with van der Waals surface area (Å²) >= 11 is 1.46. The maximum absolute atomic E-state index is 13.0. The first-order valence-corrected chi connectivity index (χ1v) is 6.77. The van der Waals surface area contributed by atoms with E-state index >= 15 is 0 Å². The third-order valence-corrected chi connectivity index (χ3v) is 3.82. The fourth-order valence-electron chi connectivity index (χ4n) is 1.78. The lowest BCUT2D eigenvalue weighted by Crippen LogP contribution is -2.02. The molecule has 1 unspecified atom stereocenters. The number of aliphatic hydroxyl groups is 1. The molecule has 0 heterocycles. The highest BCUT2D eigenvalue weighted by Gasteiger charge is 2.10. The first kappa shape index (κ1) is 13.1. The number of hydrogen-bond acceptors (Lipinski definition) is 2. The van der Waals surface area contributed by atoms with E-state index in [1.807, 2.05) is 37.3 Å². The van der Waals surface area contributed by atoms with Crippen LogP contribution in [0.1, 0.15) is 17.2 Å². The molecule has 0 aromatic heterocycles. The molecule has 1 nitrogen and oxygen atoms in total. The fraction of sp³-hybridized carbons (Fsp3) is 0.200. The van der Waals surface area contributed by atoms with Crippen LogP contribution in [-0.2, 0) is 0 Å². The van der Waals surface area contributed by atoms with E-state index in [0.29, 0.717) is 5.75 Å². The topological polar surface area (TPSA) is 20.2 Å². The minimum Gasteiger partial charge on any atom is -0.388 e. The highest BCUT2D eigenvalue weighted by molar-refractivity contribution is 7.99. The van der Waals surface area contributed by atoms with Gasteiger partial charge in [-0.05, 0) is 36.2 Å². The third-order valence-electron chi connectivity index (χ3n) is 2.75. The summed E-state index contributed by atoms with van der Waals surface area (Å²) in [6, 6.07) is 14.2. The molecule has 2 rings (SSSR count). The molecule has 2 aromatic carbocycles. The molecule has 94 valence electrons. The van der Waals surface area contributed by atoms with Crippen LogP contribution in [0.5, 0.6) is 0 Å². The third kappa shape index (κ3) is 3.34. The van der Waals surface area contributed by atoms with Crippen molar-refractivity contribution >= 4 is 11.8 Å². The van der Waals surface area contributed by atoms with Crippen LogP contribution in [0.4, 0.5) is 4.39 Å². The highest BCUT2D eigenvalue weighted by Crippen LogP contribution is 2.26. The fourth-order valence-corrected chi connectivity index (χ4v) is 2.68. The Hall–Kier alpha value is -1.32. The van der Waals surface area contributed by atoms with Gasteiger partial charge in [0.05, 0.1) is 6.10 Å². The van der Waals surface area contributed by atoms with Crippen molar-refractivity contribution in [1.29, 1.82) is 0 Å². The van der Waals surface area contributed by atoms with Crippen molar-refractivity contribution < 1.29 is 9.50 Å². The Morgan fingerprint density at radius 1 is 1.17 bits per heavy atom. The van der Waals surface area contributed by atoms with Crippen LogP contribution in [0.2, 0.25) is 0 Å². The Morgan fingerprint density at radius 3 is 2.67 bits per heavy atom. The van der Waals surface area contributed by atoms with Crippen molar-refractivity contribution in [2.45, 2.75) is 17.9 Å². The monoisotopic (exact) mass is 262 g/mol. The minimum atomic E-state index is -0.528. The van der Waals surface area contributed by atoms with E-state index in [9.17, 15) is 9.50 Å². The van der Waals surface area contributed by atoms with Gasteiger partial charge in [-0.25, -0.2) is 4.39 Å². The smallest absolute Gasteiger partial charge is 0.124 e. The Bertz CT molecular complexity index is 527. The number of thioether (sulfide) groups is 1. The van der Waals surface area contributed by atoms with Crippen molar-refractivity contribution in [3.63, 3.8) is 0 Å². The predicted octanol–water partition coefficient (Wildman–Crippen LogP) is 3.96. The van der Waals surface area contributed by atoms with Gasteiger partial charge in [-0.3, -0.25) is 0 Å². The summed E-state index contributed by atoms with van der Waals surface area (Å²) in [5, 5.41) is 10.1. The average Bonchev–Trinajstić information content (AvgIpc) is 2.37. The number of rotatable bonds is 4. The number of aryl methyl sites for hydroxylation is 1. The van der Waals surface area contributed by atoms with Crippen LogP contribution in [0.25, 0.3) is 0 Å². The molecule has 0 saturated carbocycles. The van der Waals surface area contributed by atoms with Crippen LogP contribution in [-0.4, -0.2) is 10.9 Å². The maximum Gasteiger partial charge on any atom is 0.124 e. The van der Waals surface area contributed by atoms with E-state index in [4.69, 9.17) is 0 Å². The number of halogens is 1. The van der Waals surface area contributed by atoms with E-state index in [0.717, 1.165) is 16.0 Å². The van der Waals surface area contributed by atoms with E-state index in [-0.39, 0.29) is 5.82 Å². The lowest BCUT2D eigenvalue weighted by Gasteiger charge is -2.13. The molecule has 0 aliphatic rings. The average molecular weight is 262 g/mol. The summed E-state index contributed by atoms with van der Waals surface area (Å²) in [5.74, 6) is 0.277. The lowest BCUT2D eigenvalue weighted by molar-refractivity contribution is 0.203. The van der Waals surface area contributed by atoms with Gasteiger partial charge < -0.3 is 5.11 Å². The Morgan fingerprint density at radius 2 is 1.94 bits per heavy atom. The minimum absolute atomic E-state index is 0.245. The molecule has 0 spiro atoms. The van der Waals surface area contributed by atoms with Crippen LogP contribution < -0.4 is 0 Å². The maximum atomic E-state index is 13.0. The first-order chi connectivity index (χ1) is 8.66. The van der Waals surface area contributed by atoms with Gasteiger partial charge in [0, 0.05) is 10.6 Å². The Kier molecular flexibility index (Phi) is 4.39. The molecule has 0 bridgehead atoms. The van der Waals surface area contributed by atoms with Crippen LogP contribution in [0.15, 0.2) is 53.4 Å². The van der Waals surface area contributed by atoms with Crippen molar-refractivity contribution in [2.24, 2.45) is 0 Å². The molecule has 0 amide bonds. The summed E-state index contributed by atoms with van der Waals surface area (Å²) in [4.78, 5) is 0.836. The molecule has 2 aromatic rings. The van der Waals surface area contributed by atoms with Gasteiger partial charge in [-0.1, -0.05) is 30.3 Å². The molecule has 3 heteroatoms. The van der Waals surface area contributed by atoms with Crippen LogP contribution >= 0.6 is 11.8 Å². The van der Waals surface area contributed by atoms with Crippen LogP contribution in [0.3, 0.4) is 0 Å². The SMILES string of the molecule is Cc1ccccc1C(O)CSc1cccc(F)c1. The summed E-state index contributed by atoms with van der Waals surface area (Å²) < 4.78 is 13.0. The molecule has 0 radical (unpaired) electrons. The molecule has 18 heavy (non-hydrogen) atoms. The zero-order chi connectivity index (χ0) is 13.0. The van der Waals surface area contributed by atoms with E-state index in [1.165, 1.54) is 23.9 Å². The van der Waals surface area contributed by atoms with Crippen molar-refractivity contribution in [1.82, 2.24) is 0 Å². The van der Waals surface area contributed by atoms with Gasteiger partial charge in [-0.2, -0.15) is 0 Å². The summed E-state index contributed by atoms with van der Waals surface area (Å²) in [6.07, 6.45) is -0.528. The summed E-state index contributed by atoms with van der Waals surface area (Å²) in [7, 11) is 0. The van der Waals surface area contributed by atoms with Gasteiger partial charge in [0.15, 0.2) is 0 Å². The standard InChI is InChI=1S/C15H15FOS/c1-11-5-2-3-8-14(11)15(17)10-18-13-7-4-6-12(16)9-13/h2-9,15,17H,10H2,1H3. The van der Waals surface area contributed by atoms with Gasteiger partial charge >= 0.3 is 0 Å². The molecule has 0 saturated heterocycles. The van der Waals surface area contributed by atoms with Gasteiger partial charge in [0.1, 0.15) is 5.82 Å². The molecule has 0 fully saturated rings. The molecule has 1 N–H and O–H groups in total. The van der Waals surface area contributed by atoms with Gasteiger partial charge in [-0.15, -0.1) is 11.8 Å². The molecule has 0 aliphatic carbocycles. The molecular formula is C15H15FOS. The second-order valence-corrected chi connectivity index (χ2v) is 5.23. The lowest BCUT2D eigenvalue weighted by atomic mass is 10.1. The van der Waals surface area contributed by atoms with Gasteiger partial charge in [0.25, 0.3) is 0 Å². The second kappa shape index (κ2) is 6.03. The summed E-state index contributed by atoms with van der Waals surface area (Å²) in [5.41, 5.74) is 2.01. The number of benzene rings is 2. The quantitative estimate of drug-likeness (QED) is 0.842. The summed E-state index contributed by atoms with van der Waals surface area (Å²) in [6.45, 7) is 1.98. The number of aliphatic hydroxyl groups excluding tert-OH is 1. The first-order valence-electron chi connectivity index (χ1n) is 5.79. The normalized spacial score (nSPS) is 12.4. The zero-order valence-corrected chi connectivity index (χ0v) is 11.0. The van der Waals surface area contributed by atoms with E-state index in [2.05, 4.69) is 0 Å². The van der Waals surface area contributed by atoms with Crippen molar-refractivity contribution in [3.8, 4) is 0 Å². The molecular weight excluding hydrogens is 247 g/mol. The van der Waals surface area contributed by atoms with Crippen LogP contribution in [0, 0.1) is 12.7 Å². The van der Waals surface area contributed by atoms with Crippen molar-refractivity contribution in [3.05, 3.63) is 65.5 Å². The molecule has 0 aliphatic heterocycles. The van der Waals surface area contributed by atoms with Crippen molar-refractivity contribution in [2.75, 3.05) is 5.75 Å². The van der Waals surface area contributed by atoms with E-state index < -0.39 is 6.10 Å². The van der Waals surface area contributed by atoms with Gasteiger partial charge in [0.2, 0.25) is 0 Å². The zero-order valence-electron chi connectivity index (χ0n) is 10.1. The molecule has 1 atom stereocenters. The Balaban J connectivity index is 2.00. The largest absolute Gasteiger partial charge is 0.388 e. The predicted molar refractivity (Wildman–Crippen MR) is 73.3 cm³/mol. The highest BCUT2D eigenvalue weighted by atomic mass is 32.2. The second-order valence-electron chi connectivity index (χ2n) is 4.14. The number of hydrogen-bond donors (Lipinski definition) is 1. The van der Waals surface area contributed by atoms with E-state index in [1.54, 1.807) is 6.07 Å².